The van der Waals surface area contributed by atoms with E-state index in [1.54, 1.807) is 6.92 Å². The van der Waals surface area contributed by atoms with E-state index in [4.69, 9.17) is 9.47 Å². The molecule has 0 bridgehead atoms. The van der Waals surface area contributed by atoms with Gasteiger partial charge in [-0.05, 0) is 37.8 Å². The highest BCUT2D eigenvalue weighted by Crippen LogP contribution is 2.28. The number of amides is 1. The Hall–Kier alpha value is -2.89. The molecule has 0 saturated carbocycles. The summed E-state index contributed by atoms with van der Waals surface area (Å²) >= 11 is 0. The molecular formula is C23H29NO5. The number of nitrogens with one attached hydrogen (secondary N) is 1. The first-order valence-electron chi connectivity index (χ1n) is 9.80. The highest BCUT2D eigenvalue weighted by atomic mass is 16.5. The van der Waals surface area contributed by atoms with E-state index in [1.165, 1.54) is 14.2 Å². The number of benzene rings is 1. The maximum absolute atomic E-state index is 12.7. The molecule has 6 heteroatoms. The molecule has 1 aliphatic carbocycles. The largest absolute Gasteiger partial charge is 0.489 e. The van der Waals surface area contributed by atoms with Crippen molar-refractivity contribution in [3.05, 3.63) is 58.1 Å². The molecule has 1 amide bonds. The molecule has 156 valence electrons. The van der Waals surface area contributed by atoms with Gasteiger partial charge in [0.2, 0.25) is 29.0 Å². The first kappa shape index (κ1) is 22.4. The van der Waals surface area contributed by atoms with Crippen LogP contribution < -0.4 is 5.32 Å². The van der Waals surface area contributed by atoms with E-state index in [9.17, 15) is 14.4 Å². The molecule has 0 heterocycles. The van der Waals surface area contributed by atoms with Crippen LogP contribution in [-0.4, -0.2) is 37.7 Å². The van der Waals surface area contributed by atoms with Crippen LogP contribution in [0.4, 0.5) is 0 Å². The van der Waals surface area contributed by atoms with Crippen molar-refractivity contribution in [2.24, 2.45) is 0 Å². The molecule has 1 aliphatic rings. The van der Waals surface area contributed by atoms with Crippen molar-refractivity contribution in [3.63, 3.8) is 0 Å². The normalized spacial score (nSPS) is 15.5. The van der Waals surface area contributed by atoms with Gasteiger partial charge in [0.1, 0.15) is 0 Å². The van der Waals surface area contributed by atoms with Crippen LogP contribution in [0.25, 0.3) is 0 Å². The highest BCUT2D eigenvalue weighted by Gasteiger charge is 2.34. The van der Waals surface area contributed by atoms with E-state index in [0.717, 1.165) is 17.5 Å². The molecule has 0 aromatic heterocycles. The van der Waals surface area contributed by atoms with Crippen LogP contribution in [0.15, 0.2) is 46.9 Å². The average Bonchev–Trinajstić information content (AvgIpc) is 2.72. The van der Waals surface area contributed by atoms with Crippen LogP contribution >= 0.6 is 0 Å². The molecule has 0 spiro atoms. The third kappa shape index (κ3) is 5.34. The number of carbonyl (C=O) groups excluding carboxylic acids is 3. The molecule has 1 N–H and O–H groups in total. The monoisotopic (exact) mass is 399 g/mol. The summed E-state index contributed by atoms with van der Waals surface area (Å²) in [5.74, 6) is -0.717. The fourth-order valence-corrected chi connectivity index (χ4v) is 3.14. The van der Waals surface area contributed by atoms with Crippen LogP contribution in [0.3, 0.4) is 0 Å². The second-order valence-electron chi connectivity index (χ2n) is 7.20. The summed E-state index contributed by atoms with van der Waals surface area (Å²) < 4.78 is 10.2. The Morgan fingerprint density at radius 1 is 1.00 bits per heavy atom. The molecule has 1 atom stereocenters. The molecule has 0 fully saturated rings. The first-order valence-corrected chi connectivity index (χ1v) is 9.80. The number of hydrogen-bond donors (Lipinski definition) is 1. The van der Waals surface area contributed by atoms with Gasteiger partial charge in [0.05, 0.1) is 14.2 Å². The van der Waals surface area contributed by atoms with Gasteiger partial charge in [-0.2, -0.15) is 0 Å². The van der Waals surface area contributed by atoms with E-state index in [0.29, 0.717) is 30.4 Å². The smallest absolute Gasteiger partial charge is 0.228 e. The first-order chi connectivity index (χ1) is 13.8. The fourth-order valence-electron chi connectivity index (χ4n) is 3.14. The zero-order valence-corrected chi connectivity index (χ0v) is 17.8. The summed E-state index contributed by atoms with van der Waals surface area (Å²) in [5.41, 5.74) is 2.74. The van der Waals surface area contributed by atoms with Crippen molar-refractivity contribution in [2.45, 2.75) is 52.5 Å². The van der Waals surface area contributed by atoms with Crippen LogP contribution in [0.2, 0.25) is 0 Å². The van der Waals surface area contributed by atoms with Crippen molar-refractivity contribution < 1.29 is 23.9 Å². The summed E-state index contributed by atoms with van der Waals surface area (Å²) in [7, 11) is 2.70. The lowest BCUT2D eigenvalue weighted by atomic mass is 9.88. The van der Waals surface area contributed by atoms with Crippen molar-refractivity contribution in [2.75, 3.05) is 14.2 Å². The average molecular weight is 399 g/mol. The number of methoxy groups -OCH3 is 2. The molecule has 29 heavy (non-hydrogen) atoms. The Kier molecular flexibility index (Phi) is 7.76. The number of allylic oxidation sites excluding steroid dienone is 2. The van der Waals surface area contributed by atoms with Gasteiger partial charge in [-0.25, -0.2) is 0 Å². The minimum absolute atomic E-state index is 0.0448. The van der Waals surface area contributed by atoms with Crippen LogP contribution in [0.5, 0.6) is 0 Å². The molecule has 1 aromatic rings. The van der Waals surface area contributed by atoms with Crippen molar-refractivity contribution in [1.29, 1.82) is 0 Å². The Morgan fingerprint density at radius 2 is 1.55 bits per heavy atom. The minimum Gasteiger partial charge on any atom is -0.489 e. The standard InChI is InChI=1S/C23H29NO5/c1-6-14(2)24-19(25)12-11-16-7-9-17(10-8-16)13-18-15(3)20(26)22(28-4)23(29-5)21(18)27/h7-10,14H,6,11-13H2,1-5H3,(H,24,25). The fraction of sp³-hybridized carbons (Fsp3) is 0.435. The van der Waals surface area contributed by atoms with Gasteiger partial charge >= 0.3 is 0 Å². The summed E-state index contributed by atoms with van der Waals surface area (Å²) in [6, 6.07) is 7.92. The van der Waals surface area contributed by atoms with Crippen molar-refractivity contribution in [1.82, 2.24) is 5.32 Å². The van der Waals surface area contributed by atoms with Gasteiger partial charge in [-0.15, -0.1) is 0 Å². The molecule has 2 rings (SSSR count). The zero-order valence-electron chi connectivity index (χ0n) is 17.8. The second-order valence-corrected chi connectivity index (χ2v) is 7.20. The summed E-state index contributed by atoms with van der Waals surface area (Å²) in [6.07, 6.45) is 2.32. The van der Waals surface area contributed by atoms with Gasteiger partial charge < -0.3 is 14.8 Å². The summed E-state index contributed by atoms with van der Waals surface area (Å²) in [6.45, 7) is 5.65. The lowest BCUT2D eigenvalue weighted by molar-refractivity contribution is -0.121. The predicted molar refractivity (Wildman–Crippen MR) is 110 cm³/mol. The summed E-state index contributed by atoms with van der Waals surface area (Å²) in [5, 5.41) is 2.96. The van der Waals surface area contributed by atoms with Gasteiger partial charge in [0, 0.05) is 30.0 Å². The molecule has 0 aliphatic heterocycles. The number of ether oxygens (including phenoxy) is 2. The van der Waals surface area contributed by atoms with E-state index < -0.39 is 0 Å². The highest BCUT2D eigenvalue weighted by molar-refractivity contribution is 6.23. The zero-order chi connectivity index (χ0) is 21.6. The maximum Gasteiger partial charge on any atom is 0.228 e. The molecule has 6 nitrogen and oxygen atoms in total. The predicted octanol–water partition coefficient (Wildman–Crippen LogP) is 3.05. The Balaban J connectivity index is 2.06. The number of Topliss-reactive ketones (excluding diaryl/α,β-unsaturated/α-hetero) is 2. The minimum atomic E-state index is -0.331. The van der Waals surface area contributed by atoms with Crippen molar-refractivity contribution in [3.8, 4) is 0 Å². The van der Waals surface area contributed by atoms with E-state index in [2.05, 4.69) is 5.32 Å². The molecule has 0 saturated heterocycles. The van der Waals surface area contributed by atoms with E-state index >= 15 is 0 Å². The van der Waals surface area contributed by atoms with Crippen molar-refractivity contribution >= 4 is 17.5 Å². The number of rotatable bonds is 9. The molecule has 0 radical (unpaired) electrons. The lowest BCUT2D eigenvalue weighted by Gasteiger charge is -2.20. The third-order valence-corrected chi connectivity index (χ3v) is 5.16. The molecular weight excluding hydrogens is 370 g/mol. The Labute approximate surface area is 172 Å². The Morgan fingerprint density at radius 3 is 2.10 bits per heavy atom. The second kappa shape index (κ2) is 10.0. The molecule has 1 unspecified atom stereocenters. The lowest BCUT2D eigenvalue weighted by Crippen LogP contribution is -2.31. The van der Waals surface area contributed by atoms with Crippen LogP contribution in [-0.2, 0) is 36.7 Å². The SMILES string of the molecule is CCC(C)NC(=O)CCc1ccc(CC2=C(C)C(=O)C(OC)=C(OC)C2=O)cc1. The molecule has 1 aromatic carbocycles. The maximum atomic E-state index is 12.7. The summed E-state index contributed by atoms with van der Waals surface area (Å²) in [4.78, 5) is 37.1. The van der Waals surface area contributed by atoms with E-state index in [-0.39, 0.29) is 35.0 Å². The number of hydrogen-bond acceptors (Lipinski definition) is 5. The Bertz CT molecular complexity index is 849. The van der Waals surface area contributed by atoms with Gasteiger partial charge in [0.25, 0.3) is 0 Å². The van der Waals surface area contributed by atoms with E-state index in [1.807, 2.05) is 38.1 Å². The topological polar surface area (TPSA) is 81.7 Å². The van der Waals surface area contributed by atoms with Gasteiger partial charge in [-0.3, -0.25) is 14.4 Å². The third-order valence-electron chi connectivity index (χ3n) is 5.16. The van der Waals surface area contributed by atoms with Crippen LogP contribution in [0.1, 0.15) is 44.7 Å². The van der Waals surface area contributed by atoms with Gasteiger partial charge in [-0.1, -0.05) is 31.2 Å². The van der Waals surface area contributed by atoms with Gasteiger partial charge in [0.15, 0.2) is 0 Å². The number of carbonyl (C=O) groups is 3. The van der Waals surface area contributed by atoms with Crippen LogP contribution in [0, 0.1) is 0 Å². The number of ketones is 2. The quantitative estimate of drug-likeness (QED) is 0.646. The number of aryl methyl sites for hydroxylation is 1.